The summed E-state index contributed by atoms with van der Waals surface area (Å²) in [7, 11) is 0. The molecule has 0 unspecified atom stereocenters. The van der Waals surface area contributed by atoms with E-state index < -0.39 is 0 Å². The number of nitrogen functional groups attached to an aromatic ring is 1. The van der Waals surface area contributed by atoms with Crippen LogP contribution in [0.25, 0.3) is 11.4 Å². The van der Waals surface area contributed by atoms with E-state index >= 15 is 0 Å². The minimum atomic E-state index is 0.581. The molecule has 0 spiro atoms. The van der Waals surface area contributed by atoms with E-state index in [9.17, 15) is 0 Å². The predicted molar refractivity (Wildman–Crippen MR) is 66.5 cm³/mol. The van der Waals surface area contributed by atoms with Crippen LogP contribution in [0.3, 0.4) is 0 Å². The molecule has 1 saturated carbocycles. The Kier molecular flexibility index (Phi) is 2.17. The number of rotatable bonds is 2. The van der Waals surface area contributed by atoms with Crippen LogP contribution < -0.4 is 5.73 Å². The van der Waals surface area contributed by atoms with Crippen molar-refractivity contribution in [2.24, 2.45) is 0 Å². The molecule has 3 nitrogen and oxygen atoms in total. The van der Waals surface area contributed by atoms with Gasteiger partial charge in [0.2, 0.25) is 0 Å². The van der Waals surface area contributed by atoms with Gasteiger partial charge in [-0.25, -0.2) is 9.97 Å². The van der Waals surface area contributed by atoms with Crippen LogP contribution in [0.15, 0.2) is 16.8 Å². The van der Waals surface area contributed by atoms with Crippen molar-refractivity contribution in [1.29, 1.82) is 0 Å². The number of thiophene rings is 1. The van der Waals surface area contributed by atoms with E-state index in [-0.39, 0.29) is 0 Å². The number of anilines is 1. The number of nitrogens with zero attached hydrogens (tertiary/aromatic N) is 2. The highest BCUT2D eigenvalue weighted by Crippen LogP contribution is 2.40. The van der Waals surface area contributed by atoms with Gasteiger partial charge in [-0.2, -0.15) is 11.3 Å². The largest absolute Gasteiger partial charge is 0.384 e. The molecule has 3 rings (SSSR count). The molecule has 0 aliphatic heterocycles. The first-order valence-electron chi connectivity index (χ1n) is 5.41. The number of hydrogen-bond acceptors (Lipinski definition) is 4. The van der Waals surface area contributed by atoms with Crippen molar-refractivity contribution in [2.45, 2.75) is 25.7 Å². The molecule has 0 radical (unpaired) electrons. The Morgan fingerprint density at radius 2 is 2.12 bits per heavy atom. The molecule has 1 fully saturated rings. The Hall–Kier alpha value is -1.42. The second-order valence-electron chi connectivity index (χ2n) is 4.28. The van der Waals surface area contributed by atoms with Crippen molar-refractivity contribution in [3.05, 3.63) is 28.1 Å². The fraction of sp³-hybridized carbons (Fsp3) is 0.333. The lowest BCUT2D eigenvalue weighted by atomic mass is 10.2. The molecule has 2 aromatic rings. The topological polar surface area (TPSA) is 51.8 Å². The minimum absolute atomic E-state index is 0.581. The molecule has 1 aliphatic rings. The van der Waals surface area contributed by atoms with Gasteiger partial charge in [-0.15, -0.1) is 0 Å². The van der Waals surface area contributed by atoms with Crippen molar-refractivity contribution in [2.75, 3.05) is 5.73 Å². The van der Waals surface area contributed by atoms with Gasteiger partial charge in [-0.05, 0) is 30.7 Å². The van der Waals surface area contributed by atoms with Crippen LogP contribution in [0.1, 0.15) is 30.0 Å². The van der Waals surface area contributed by atoms with E-state index in [0.29, 0.717) is 11.7 Å². The van der Waals surface area contributed by atoms with Crippen LogP contribution in [0.4, 0.5) is 5.82 Å². The lowest BCUT2D eigenvalue weighted by Crippen LogP contribution is -1.99. The lowest BCUT2D eigenvalue weighted by Gasteiger charge is -2.04. The van der Waals surface area contributed by atoms with E-state index in [2.05, 4.69) is 27.7 Å². The molecule has 0 aromatic carbocycles. The summed E-state index contributed by atoms with van der Waals surface area (Å²) in [4.78, 5) is 8.94. The van der Waals surface area contributed by atoms with E-state index in [1.807, 2.05) is 6.07 Å². The maximum atomic E-state index is 5.83. The van der Waals surface area contributed by atoms with Crippen LogP contribution in [0, 0.1) is 6.92 Å². The highest BCUT2D eigenvalue weighted by atomic mass is 32.1. The Morgan fingerprint density at radius 3 is 2.75 bits per heavy atom. The van der Waals surface area contributed by atoms with Crippen LogP contribution in [-0.4, -0.2) is 9.97 Å². The van der Waals surface area contributed by atoms with Gasteiger partial charge in [0.05, 0.1) is 0 Å². The van der Waals surface area contributed by atoms with Crippen LogP contribution in [0.5, 0.6) is 0 Å². The highest BCUT2D eigenvalue weighted by Gasteiger charge is 2.26. The van der Waals surface area contributed by atoms with Crippen LogP contribution >= 0.6 is 11.3 Å². The second-order valence-corrected chi connectivity index (χ2v) is 5.03. The Labute approximate surface area is 98.4 Å². The van der Waals surface area contributed by atoms with Gasteiger partial charge in [0.15, 0.2) is 5.82 Å². The molecule has 0 amide bonds. The number of hydrogen-bond donors (Lipinski definition) is 1. The summed E-state index contributed by atoms with van der Waals surface area (Å²) in [5, 5.41) is 4.19. The molecule has 0 atom stereocenters. The quantitative estimate of drug-likeness (QED) is 0.864. The first-order valence-corrected chi connectivity index (χ1v) is 6.36. The van der Waals surface area contributed by atoms with Gasteiger partial charge < -0.3 is 5.73 Å². The normalized spacial score (nSPS) is 15.3. The monoisotopic (exact) mass is 231 g/mol. The van der Waals surface area contributed by atoms with Crippen molar-refractivity contribution in [3.63, 3.8) is 0 Å². The Morgan fingerprint density at radius 1 is 1.31 bits per heavy atom. The lowest BCUT2D eigenvalue weighted by molar-refractivity contribution is 0.998. The molecule has 2 aromatic heterocycles. The number of aromatic nitrogens is 2. The summed E-state index contributed by atoms with van der Waals surface area (Å²) >= 11 is 1.68. The number of aryl methyl sites for hydroxylation is 1. The first-order chi connectivity index (χ1) is 7.74. The zero-order valence-electron chi connectivity index (χ0n) is 9.10. The summed E-state index contributed by atoms with van der Waals surface area (Å²) in [5.74, 6) is 1.97. The third-order valence-corrected chi connectivity index (χ3v) is 3.72. The van der Waals surface area contributed by atoms with Gasteiger partial charge in [-0.3, -0.25) is 0 Å². The summed E-state index contributed by atoms with van der Waals surface area (Å²) in [6.45, 7) is 2.08. The molecule has 16 heavy (non-hydrogen) atoms. The maximum absolute atomic E-state index is 5.83. The molecule has 2 N–H and O–H groups in total. The fourth-order valence-electron chi connectivity index (χ4n) is 1.78. The average molecular weight is 231 g/mol. The summed E-state index contributed by atoms with van der Waals surface area (Å²) in [6, 6.07) is 1.91. The van der Waals surface area contributed by atoms with Crippen molar-refractivity contribution in [3.8, 4) is 11.4 Å². The van der Waals surface area contributed by atoms with E-state index in [0.717, 1.165) is 17.1 Å². The molecular weight excluding hydrogens is 218 g/mol. The predicted octanol–water partition coefficient (Wildman–Crippen LogP) is 2.97. The average Bonchev–Trinajstić information content (AvgIpc) is 3.01. The van der Waals surface area contributed by atoms with Gasteiger partial charge in [0, 0.05) is 28.6 Å². The molecule has 0 bridgehead atoms. The number of nitrogens with two attached hydrogens (primary N) is 1. The van der Waals surface area contributed by atoms with Gasteiger partial charge >= 0.3 is 0 Å². The smallest absolute Gasteiger partial charge is 0.162 e. The molecule has 1 aliphatic carbocycles. The summed E-state index contributed by atoms with van der Waals surface area (Å²) < 4.78 is 0. The minimum Gasteiger partial charge on any atom is -0.384 e. The summed E-state index contributed by atoms with van der Waals surface area (Å²) in [6.07, 6.45) is 2.47. The first kappa shape index (κ1) is 9.78. The fourth-order valence-corrected chi connectivity index (χ4v) is 2.61. The Bertz CT molecular complexity index is 529. The standard InChI is InChI=1S/C12H13N3S/c1-7-5-16-6-9(7)12-14-10(8-2-3-8)4-11(13)15-12/h4-6,8H,2-3H2,1H3,(H2,13,14,15). The molecule has 0 saturated heterocycles. The van der Waals surface area contributed by atoms with Gasteiger partial charge in [0.1, 0.15) is 5.82 Å². The van der Waals surface area contributed by atoms with Crippen LogP contribution in [0.2, 0.25) is 0 Å². The highest BCUT2D eigenvalue weighted by molar-refractivity contribution is 7.08. The van der Waals surface area contributed by atoms with E-state index in [4.69, 9.17) is 5.73 Å². The zero-order valence-corrected chi connectivity index (χ0v) is 9.92. The molecule has 4 heteroatoms. The molecule has 2 heterocycles. The molecule has 82 valence electrons. The Balaban J connectivity index is 2.10. The maximum Gasteiger partial charge on any atom is 0.162 e. The third-order valence-electron chi connectivity index (χ3n) is 2.86. The van der Waals surface area contributed by atoms with Crippen molar-refractivity contribution in [1.82, 2.24) is 9.97 Å². The molecular formula is C12H13N3S. The van der Waals surface area contributed by atoms with E-state index in [1.54, 1.807) is 11.3 Å². The summed E-state index contributed by atoms with van der Waals surface area (Å²) in [5.41, 5.74) is 9.27. The van der Waals surface area contributed by atoms with Crippen LogP contribution in [-0.2, 0) is 0 Å². The second kappa shape index (κ2) is 3.56. The van der Waals surface area contributed by atoms with Crippen molar-refractivity contribution >= 4 is 17.2 Å². The zero-order chi connectivity index (χ0) is 11.1. The van der Waals surface area contributed by atoms with Crippen molar-refractivity contribution < 1.29 is 0 Å². The van der Waals surface area contributed by atoms with Gasteiger partial charge in [-0.1, -0.05) is 0 Å². The SMILES string of the molecule is Cc1cscc1-c1nc(N)cc(C2CC2)n1. The van der Waals surface area contributed by atoms with Gasteiger partial charge in [0.25, 0.3) is 0 Å². The third kappa shape index (κ3) is 1.69. The van der Waals surface area contributed by atoms with E-state index in [1.165, 1.54) is 18.4 Å².